The van der Waals surface area contributed by atoms with Gasteiger partial charge in [-0.25, -0.2) is 4.39 Å². The van der Waals surface area contributed by atoms with Gasteiger partial charge < -0.3 is 4.74 Å². The highest BCUT2D eigenvalue weighted by Crippen LogP contribution is 2.11. The van der Waals surface area contributed by atoms with E-state index in [4.69, 9.17) is 4.74 Å². The highest BCUT2D eigenvalue weighted by molar-refractivity contribution is 5.22. The molecule has 1 radical (unpaired) electrons. The van der Waals surface area contributed by atoms with E-state index in [1.54, 1.807) is 18.7 Å². The molecule has 0 atom stereocenters. The van der Waals surface area contributed by atoms with Crippen molar-refractivity contribution in [3.8, 4) is 5.75 Å². The van der Waals surface area contributed by atoms with E-state index in [0.29, 0.717) is 5.75 Å². The van der Waals surface area contributed by atoms with Gasteiger partial charge in [-0.2, -0.15) is 0 Å². The SMILES string of the molecule is CC[CH]Oc1ccc(F)cc1. The van der Waals surface area contributed by atoms with Crippen molar-refractivity contribution in [3.63, 3.8) is 0 Å². The Labute approximate surface area is 65.8 Å². The molecule has 0 spiro atoms. The third-order valence-electron chi connectivity index (χ3n) is 1.20. The predicted molar refractivity (Wildman–Crippen MR) is 41.6 cm³/mol. The Morgan fingerprint density at radius 2 is 2.00 bits per heavy atom. The molecule has 0 amide bonds. The van der Waals surface area contributed by atoms with Crippen LogP contribution in [0.4, 0.5) is 4.39 Å². The third-order valence-corrected chi connectivity index (χ3v) is 1.20. The van der Waals surface area contributed by atoms with Crippen LogP contribution in [0.1, 0.15) is 13.3 Å². The maximum atomic E-state index is 12.3. The van der Waals surface area contributed by atoms with Gasteiger partial charge in [0.05, 0.1) is 0 Å². The molecule has 59 valence electrons. The highest BCUT2D eigenvalue weighted by atomic mass is 19.1. The Bertz CT molecular complexity index is 205. The smallest absolute Gasteiger partial charge is 0.135 e. The first-order valence-corrected chi connectivity index (χ1v) is 3.57. The summed E-state index contributed by atoms with van der Waals surface area (Å²) in [5.74, 6) is 0.432. The van der Waals surface area contributed by atoms with Gasteiger partial charge in [-0.05, 0) is 30.7 Å². The molecule has 0 aliphatic carbocycles. The van der Waals surface area contributed by atoms with Gasteiger partial charge in [-0.1, -0.05) is 6.92 Å². The van der Waals surface area contributed by atoms with Crippen molar-refractivity contribution in [1.29, 1.82) is 0 Å². The van der Waals surface area contributed by atoms with Crippen LogP contribution in [0.15, 0.2) is 24.3 Å². The molecule has 0 saturated heterocycles. The topological polar surface area (TPSA) is 9.23 Å². The fourth-order valence-corrected chi connectivity index (χ4v) is 0.693. The molecule has 0 aliphatic rings. The molecular weight excluding hydrogens is 143 g/mol. The zero-order valence-corrected chi connectivity index (χ0v) is 6.38. The first-order valence-electron chi connectivity index (χ1n) is 3.57. The molecule has 1 rings (SSSR count). The lowest BCUT2D eigenvalue weighted by molar-refractivity contribution is 0.396. The summed E-state index contributed by atoms with van der Waals surface area (Å²) in [6.45, 7) is 3.65. The summed E-state index contributed by atoms with van der Waals surface area (Å²) in [4.78, 5) is 0. The molecule has 0 saturated carbocycles. The van der Waals surface area contributed by atoms with Gasteiger partial charge in [0, 0.05) is 0 Å². The number of ether oxygens (including phenoxy) is 1. The summed E-state index contributed by atoms with van der Waals surface area (Å²) >= 11 is 0. The summed E-state index contributed by atoms with van der Waals surface area (Å²) in [5.41, 5.74) is 0. The van der Waals surface area contributed by atoms with Crippen LogP contribution in [-0.2, 0) is 0 Å². The van der Waals surface area contributed by atoms with Crippen LogP contribution in [0.25, 0.3) is 0 Å². The van der Waals surface area contributed by atoms with Crippen molar-refractivity contribution in [2.24, 2.45) is 0 Å². The molecule has 2 heteroatoms. The van der Waals surface area contributed by atoms with Crippen molar-refractivity contribution in [2.75, 3.05) is 0 Å². The molecule has 0 heterocycles. The van der Waals surface area contributed by atoms with E-state index < -0.39 is 0 Å². The normalized spacial score (nSPS) is 9.64. The Morgan fingerprint density at radius 1 is 1.36 bits per heavy atom. The van der Waals surface area contributed by atoms with Gasteiger partial charge in [0.1, 0.15) is 18.2 Å². The van der Waals surface area contributed by atoms with E-state index in [-0.39, 0.29) is 5.82 Å². The van der Waals surface area contributed by atoms with Crippen molar-refractivity contribution >= 4 is 0 Å². The van der Waals surface area contributed by atoms with Gasteiger partial charge in [-0.3, -0.25) is 0 Å². The minimum atomic E-state index is -0.242. The molecule has 0 bridgehead atoms. The van der Waals surface area contributed by atoms with Crippen LogP contribution in [0, 0.1) is 12.4 Å². The van der Waals surface area contributed by atoms with Crippen LogP contribution in [0.3, 0.4) is 0 Å². The molecule has 0 unspecified atom stereocenters. The van der Waals surface area contributed by atoms with Crippen molar-refractivity contribution in [3.05, 3.63) is 36.7 Å². The second-order valence-electron chi connectivity index (χ2n) is 2.15. The van der Waals surface area contributed by atoms with Gasteiger partial charge in [-0.15, -0.1) is 0 Å². The zero-order valence-electron chi connectivity index (χ0n) is 6.38. The number of rotatable bonds is 3. The predicted octanol–water partition coefficient (Wildman–Crippen LogP) is 2.78. The van der Waals surface area contributed by atoms with E-state index in [9.17, 15) is 4.39 Å². The second-order valence-corrected chi connectivity index (χ2v) is 2.15. The third kappa shape index (κ3) is 2.58. The van der Waals surface area contributed by atoms with Crippen molar-refractivity contribution in [2.45, 2.75) is 13.3 Å². The molecule has 0 fully saturated rings. The van der Waals surface area contributed by atoms with E-state index >= 15 is 0 Å². The number of hydrogen-bond acceptors (Lipinski definition) is 1. The van der Waals surface area contributed by atoms with Crippen LogP contribution in [-0.4, -0.2) is 0 Å². The summed E-state index contributed by atoms with van der Waals surface area (Å²) in [6.07, 6.45) is 0.845. The zero-order chi connectivity index (χ0) is 8.10. The molecule has 1 aromatic rings. The minimum Gasteiger partial charge on any atom is -0.487 e. The largest absolute Gasteiger partial charge is 0.487 e. The molecule has 0 aliphatic heterocycles. The highest BCUT2D eigenvalue weighted by Gasteiger charge is 1.92. The van der Waals surface area contributed by atoms with Crippen LogP contribution in [0.5, 0.6) is 5.75 Å². The van der Waals surface area contributed by atoms with Crippen molar-refractivity contribution in [1.82, 2.24) is 0 Å². The molecule has 0 N–H and O–H groups in total. The molecular formula is C9H10FO. The first-order chi connectivity index (χ1) is 5.33. The Balaban J connectivity index is 2.52. The number of halogens is 1. The lowest BCUT2D eigenvalue weighted by atomic mass is 10.3. The van der Waals surface area contributed by atoms with Crippen LogP contribution in [0.2, 0.25) is 0 Å². The van der Waals surface area contributed by atoms with Gasteiger partial charge in [0.15, 0.2) is 0 Å². The summed E-state index contributed by atoms with van der Waals surface area (Å²) in [5, 5.41) is 0. The molecule has 1 aromatic carbocycles. The average Bonchev–Trinajstić information content (AvgIpc) is 2.04. The van der Waals surface area contributed by atoms with E-state index in [0.717, 1.165) is 6.42 Å². The second kappa shape index (κ2) is 3.96. The number of hydrogen-bond donors (Lipinski definition) is 0. The maximum absolute atomic E-state index is 12.3. The average molecular weight is 153 g/mol. The van der Waals surface area contributed by atoms with E-state index in [2.05, 4.69) is 0 Å². The summed E-state index contributed by atoms with van der Waals surface area (Å²) < 4.78 is 17.5. The van der Waals surface area contributed by atoms with E-state index in [1.807, 2.05) is 6.92 Å². The first kappa shape index (κ1) is 8.05. The fraction of sp³-hybridized carbons (Fsp3) is 0.222. The van der Waals surface area contributed by atoms with Crippen molar-refractivity contribution < 1.29 is 9.13 Å². The Morgan fingerprint density at radius 3 is 2.55 bits per heavy atom. The standard InChI is InChI=1S/C9H10FO/c1-2-7-11-9-5-3-8(10)4-6-9/h3-7H,2H2,1H3. The maximum Gasteiger partial charge on any atom is 0.135 e. The van der Waals surface area contributed by atoms with E-state index in [1.165, 1.54) is 12.1 Å². The van der Waals surface area contributed by atoms with Gasteiger partial charge >= 0.3 is 0 Å². The number of benzene rings is 1. The minimum absolute atomic E-state index is 0.242. The van der Waals surface area contributed by atoms with Gasteiger partial charge in [0.25, 0.3) is 0 Å². The molecule has 1 nitrogen and oxygen atoms in total. The molecule has 0 aromatic heterocycles. The Hall–Kier alpha value is -1.05. The lowest BCUT2D eigenvalue weighted by Gasteiger charge is -2.01. The molecule has 11 heavy (non-hydrogen) atoms. The summed E-state index contributed by atoms with van der Waals surface area (Å²) in [7, 11) is 0. The van der Waals surface area contributed by atoms with Crippen LogP contribution < -0.4 is 4.74 Å². The Kier molecular flexibility index (Phi) is 2.90. The lowest BCUT2D eigenvalue weighted by Crippen LogP contribution is -1.87. The van der Waals surface area contributed by atoms with Crippen LogP contribution >= 0.6 is 0 Å². The fourth-order valence-electron chi connectivity index (χ4n) is 0.693. The van der Waals surface area contributed by atoms with Gasteiger partial charge in [0.2, 0.25) is 0 Å². The quantitative estimate of drug-likeness (QED) is 0.648. The monoisotopic (exact) mass is 153 g/mol. The summed E-state index contributed by atoms with van der Waals surface area (Å²) in [6, 6.07) is 5.95.